The zero-order chi connectivity index (χ0) is 25.9. The fourth-order valence-corrected chi connectivity index (χ4v) is 5.67. The SMILES string of the molecule is CCOc1cc2c(cc1OC)CCN(C(=O)N1CCOCC1)C2CCc1c[nH]c2c(C)cc(OC)cc12. The summed E-state index contributed by atoms with van der Waals surface area (Å²) in [4.78, 5) is 21.2. The van der Waals surface area contributed by atoms with E-state index >= 15 is 0 Å². The number of ether oxygens (including phenoxy) is 4. The third-order valence-corrected chi connectivity index (χ3v) is 7.58. The highest BCUT2D eigenvalue weighted by atomic mass is 16.5. The predicted octanol–water partition coefficient (Wildman–Crippen LogP) is 4.88. The molecule has 3 aromatic rings. The molecule has 2 aromatic carbocycles. The molecule has 1 fully saturated rings. The van der Waals surface area contributed by atoms with Crippen LogP contribution in [0.25, 0.3) is 10.9 Å². The van der Waals surface area contributed by atoms with Crippen LogP contribution in [0.4, 0.5) is 4.79 Å². The van der Waals surface area contributed by atoms with Gasteiger partial charge < -0.3 is 33.7 Å². The van der Waals surface area contributed by atoms with Gasteiger partial charge in [-0.2, -0.15) is 0 Å². The summed E-state index contributed by atoms with van der Waals surface area (Å²) in [7, 11) is 3.37. The van der Waals surface area contributed by atoms with Crippen LogP contribution in [0.5, 0.6) is 17.2 Å². The molecular weight excluding hydrogens is 470 g/mol. The summed E-state index contributed by atoms with van der Waals surface area (Å²) >= 11 is 0. The van der Waals surface area contributed by atoms with Gasteiger partial charge in [0.1, 0.15) is 5.75 Å². The maximum Gasteiger partial charge on any atom is 0.320 e. The minimum absolute atomic E-state index is 0.0686. The van der Waals surface area contributed by atoms with Crippen LogP contribution in [0, 0.1) is 6.92 Å². The fraction of sp³-hybridized carbons (Fsp3) is 0.483. The van der Waals surface area contributed by atoms with Gasteiger partial charge in [-0.25, -0.2) is 4.79 Å². The number of urea groups is 1. The summed E-state index contributed by atoms with van der Waals surface area (Å²) in [6.07, 6.45) is 4.49. The molecule has 37 heavy (non-hydrogen) atoms. The number of carbonyl (C=O) groups excluding carboxylic acids is 1. The van der Waals surface area contributed by atoms with Gasteiger partial charge in [-0.15, -0.1) is 0 Å². The van der Waals surface area contributed by atoms with Gasteiger partial charge in [0, 0.05) is 36.7 Å². The van der Waals surface area contributed by atoms with Crippen molar-refractivity contribution in [1.82, 2.24) is 14.8 Å². The minimum Gasteiger partial charge on any atom is -0.497 e. The van der Waals surface area contributed by atoms with Gasteiger partial charge >= 0.3 is 6.03 Å². The molecule has 2 amide bonds. The van der Waals surface area contributed by atoms with E-state index in [1.54, 1.807) is 14.2 Å². The van der Waals surface area contributed by atoms with E-state index < -0.39 is 0 Å². The number of aromatic nitrogens is 1. The molecule has 8 heteroatoms. The van der Waals surface area contributed by atoms with Gasteiger partial charge in [-0.05, 0) is 79.6 Å². The van der Waals surface area contributed by atoms with Gasteiger partial charge in [0.25, 0.3) is 0 Å². The molecular formula is C29H37N3O5. The molecule has 2 aliphatic rings. The van der Waals surface area contributed by atoms with Crippen molar-refractivity contribution in [2.45, 2.75) is 39.2 Å². The summed E-state index contributed by atoms with van der Waals surface area (Å²) in [6, 6.07) is 8.33. The Morgan fingerprint density at radius 3 is 2.62 bits per heavy atom. The number of benzene rings is 2. The number of amides is 2. The van der Waals surface area contributed by atoms with Crippen LogP contribution in [-0.2, 0) is 17.6 Å². The summed E-state index contributed by atoms with van der Waals surface area (Å²) in [5.74, 6) is 2.32. The number of H-pyrrole nitrogens is 1. The Hall–Kier alpha value is -3.39. The number of nitrogens with one attached hydrogen (secondary N) is 1. The molecule has 0 aliphatic carbocycles. The molecule has 2 aliphatic heterocycles. The second-order valence-electron chi connectivity index (χ2n) is 9.70. The Morgan fingerprint density at radius 2 is 1.89 bits per heavy atom. The van der Waals surface area contributed by atoms with Crippen molar-refractivity contribution in [1.29, 1.82) is 0 Å². The number of hydrogen-bond acceptors (Lipinski definition) is 5. The Labute approximate surface area is 218 Å². The summed E-state index contributed by atoms with van der Waals surface area (Å²) in [5, 5.41) is 1.17. The highest BCUT2D eigenvalue weighted by Gasteiger charge is 2.35. The van der Waals surface area contributed by atoms with Crippen LogP contribution >= 0.6 is 0 Å². The number of fused-ring (bicyclic) bond motifs is 2. The third kappa shape index (κ3) is 4.94. The molecule has 8 nitrogen and oxygen atoms in total. The lowest BCUT2D eigenvalue weighted by Gasteiger charge is -2.41. The summed E-state index contributed by atoms with van der Waals surface area (Å²) < 4.78 is 22.6. The van der Waals surface area contributed by atoms with E-state index in [4.69, 9.17) is 18.9 Å². The second kappa shape index (κ2) is 10.9. The Bertz CT molecular complexity index is 1260. The molecule has 0 saturated carbocycles. The van der Waals surface area contributed by atoms with E-state index in [0.717, 1.165) is 53.2 Å². The molecule has 1 aromatic heterocycles. The van der Waals surface area contributed by atoms with Crippen molar-refractivity contribution in [2.24, 2.45) is 0 Å². The highest BCUT2D eigenvalue weighted by Crippen LogP contribution is 2.41. The number of methoxy groups -OCH3 is 2. The van der Waals surface area contributed by atoms with Crippen molar-refractivity contribution in [3.63, 3.8) is 0 Å². The molecule has 1 atom stereocenters. The van der Waals surface area contributed by atoms with E-state index in [1.165, 1.54) is 16.5 Å². The molecule has 1 N–H and O–H groups in total. The maximum atomic E-state index is 13.7. The smallest absolute Gasteiger partial charge is 0.320 e. The third-order valence-electron chi connectivity index (χ3n) is 7.58. The Balaban J connectivity index is 1.50. The molecule has 5 rings (SSSR count). The maximum absolute atomic E-state index is 13.7. The molecule has 0 bridgehead atoms. The van der Waals surface area contributed by atoms with Crippen molar-refractivity contribution in [3.8, 4) is 17.2 Å². The first kappa shape index (κ1) is 25.3. The highest BCUT2D eigenvalue weighted by molar-refractivity contribution is 5.87. The topological polar surface area (TPSA) is 76.3 Å². The largest absolute Gasteiger partial charge is 0.497 e. The van der Waals surface area contributed by atoms with Crippen molar-refractivity contribution < 1.29 is 23.7 Å². The average Bonchev–Trinajstić information content (AvgIpc) is 3.34. The fourth-order valence-electron chi connectivity index (χ4n) is 5.67. The zero-order valence-corrected chi connectivity index (χ0v) is 22.3. The number of morpholine rings is 1. The first-order chi connectivity index (χ1) is 18.0. The first-order valence-electron chi connectivity index (χ1n) is 13.2. The molecule has 1 saturated heterocycles. The van der Waals surface area contributed by atoms with Gasteiger partial charge in [0.2, 0.25) is 0 Å². The van der Waals surface area contributed by atoms with Crippen LogP contribution in [0.1, 0.15) is 41.6 Å². The minimum atomic E-state index is -0.0686. The van der Waals surface area contributed by atoms with E-state index in [-0.39, 0.29) is 12.1 Å². The van der Waals surface area contributed by atoms with Crippen molar-refractivity contribution in [3.05, 3.63) is 52.7 Å². The molecule has 198 valence electrons. The number of carbonyl (C=O) groups is 1. The lowest BCUT2D eigenvalue weighted by atomic mass is 9.88. The first-order valence-corrected chi connectivity index (χ1v) is 13.2. The van der Waals surface area contributed by atoms with Gasteiger partial charge in [0.05, 0.1) is 40.1 Å². The van der Waals surface area contributed by atoms with Crippen molar-refractivity contribution in [2.75, 3.05) is 53.7 Å². The molecule has 0 spiro atoms. The van der Waals surface area contributed by atoms with Crippen molar-refractivity contribution >= 4 is 16.9 Å². The van der Waals surface area contributed by atoms with Gasteiger partial charge in [-0.1, -0.05) is 0 Å². The van der Waals surface area contributed by atoms with Gasteiger partial charge in [0.15, 0.2) is 11.5 Å². The Morgan fingerprint density at radius 1 is 1.08 bits per heavy atom. The monoisotopic (exact) mass is 507 g/mol. The van der Waals surface area contributed by atoms with Crippen LogP contribution in [-0.4, -0.2) is 74.5 Å². The van der Waals surface area contributed by atoms with Crippen LogP contribution in [0.3, 0.4) is 0 Å². The number of nitrogens with zero attached hydrogens (tertiary/aromatic N) is 2. The van der Waals surface area contributed by atoms with Gasteiger partial charge in [-0.3, -0.25) is 0 Å². The summed E-state index contributed by atoms with van der Waals surface area (Å²) in [5.41, 5.74) is 5.87. The number of hydrogen-bond donors (Lipinski definition) is 1. The normalized spacial score (nSPS) is 17.6. The van der Waals surface area contributed by atoms with E-state index in [2.05, 4.69) is 41.2 Å². The molecule has 0 radical (unpaired) electrons. The van der Waals surface area contributed by atoms with Crippen LogP contribution < -0.4 is 14.2 Å². The standard InChI is InChI=1S/C29H37N3O5/c1-5-37-27-17-23-20(15-26(27)35-4)8-9-32(29(33)31-10-12-36-13-11-31)25(23)7-6-21-18-30-28-19(2)14-22(34-3)16-24(21)28/h14-18,25,30H,5-13H2,1-4H3. The van der Waals surface area contributed by atoms with Crippen LogP contribution in [0.2, 0.25) is 0 Å². The number of rotatable bonds is 7. The molecule has 1 unspecified atom stereocenters. The molecule has 3 heterocycles. The second-order valence-corrected chi connectivity index (χ2v) is 9.70. The lowest BCUT2D eigenvalue weighted by molar-refractivity contribution is 0.0376. The number of aromatic amines is 1. The van der Waals surface area contributed by atoms with E-state index in [9.17, 15) is 4.79 Å². The quantitative estimate of drug-likeness (QED) is 0.494. The average molecular weight is 508 g/mol. The van der Waals surface area contributed by atoms with Crippen LogP contribution in [0.15, 0.2) is 30.5 Å². The summed E-state index contributed by atoms with van der Waals surface area (Å²) in [6.45, 7) is 7.71. The number of aryl methyl sites for hydroxylation is 2. The van der Waals surface area contributed by atoms with E-state index in [1.807, 2.05) is 17.9 Å². The Kier molecular flexibility index (Phi) is 7.46. The van der Waals surface area contributed by atoms with E-state index in [0.29, 0.717) is 39.5 Å². The lowest BCUT2D eigenvalue weighted by Crippen LogP contribution is -2.51. The zero-order valence-electron chi connectivity index (χ0n) is 22.3. The predicted molar refractivity (Wildman–Crippen MR) is 143 cm³/mol.